The van der Waals surface area contributed by atoms with Gasteiger partial charge in [0.05, 0.1) is 6.10 Å². The van der Waals surface area contributed by atoms with E-state index in [-0.39, 0.29) is 6.04 Å². The summed E-state index contributed by atoms with van der Waals surface area (Å²) in [6.07, 6.45) is 3.60. The smallest absolute Gasteiger partial charge is 0.0746 e. The van der Waals surface area contributed by atoms with Crippen molar-refractivity contribution in [1.82, 2.24) is 0 Å². The Morgan fingerprint density at radius 1 is 1.53 bits per heavy atom. The molecule has 2 unspecified atom stereocenters. The lowest BCUT2D eigenvalue weighted by Gasteiger charge is -2.35. The number of ether oxygens (including phenoxy) is 1. The van der Waals surface area contributed by atoms with Gasteiger partial charge in [0.15, 0.2) is 0 Å². The Bertz CT molecular complexity index is 423. The third kappa shape index (κ3) is 3.94. The van der Waals surface area contributed by atoms with Gasteiger partial charge in [0.25, 0.3) is 0 Å². The van der Waals surface area contributed by atoms with Crippen molar-refractivity contribution in [1.29, 1.82) is 0 Å². The highest BCUT2D eigenvalue weighted by atomic mass is 79.9. The van der Waals surface area contributed by atoms with Crippen LogP contribution in [0.2, 0.25) is 0 Å². The predicted octanol–water partition coefficient (Wildman–Crippen LogP) is 2.95. The van der Waals surface area contributed by atoms with Gasteiger partial charge in [0.2, 0.25) is 0 Å². The zero-order valence-electron chi connectivity index (χ0n) is 11.7. The Kier molecular flexibility index (Phi) is 5.25. The Morgan fingerprint density at radius 3 is 3.00 bits per heavy atom. The lowest BCUT2D eigenvalue weighted by atomic mass is 10.0. The van der Waals surface area contributed by atoms with E-state index in [4.69, 9.17) is 10.5 Å². The minimum Gasteiger partial charge on any atom is -0.380 e. The second-order valence-electron chi connectivity index (χ2n) is 5.40. The third-order valence-corrected chi connectivity index (χ3v) is 4.13. The van der Waals surface area contributed by atoms with Gasteiger partial charge in [0, 0.05) is 36.4 Å². The fraction of sp³-hybridized carbons (Fsp3) is 0.600. The standard InChI is InChI=1S/C15H23BrN2O/c1-11(17)8-12-9-13(16)5-6-15(12)18-7-3-4-14(10-18)19-2/h5-6,9,11,14H,3-4,7-8,10,17H2,1-2H3. The molecule has 0 amide bonds. The van der Waals surface area contributed by atoms with Gasteiger partial charge in [0.1, 0.15) is 0 Å². The number of anilines is 1. The number of hydrogen-bond acceptors (Lipinski definition) is 3. The van der Waals surface area contributed by atoms with Crippen LogP contribution in [0.25, 0.3) is 0 Å². The van der Waals surface area contributed by atoms with E-state index in [9.17, 15) is 0 Å². The molecule has 1 fully saturated rings. The van der Waals surface area contributed by atoms with Gasteiger partial charge < -0.3 is 15.4 Å². The van der Waals surface area contributed by atoms with Crippen molar-refractivity contribution in [3.8, 4) is 0 Å². The molecule has 106 valence electrons. The van der Waals surface area contributed by atoms with E-state index in [1.54, 1.807) is 7.11 Å². The number of hydrogen-bond donors (Lipinski definition) is 1. The first kappa shape index (κ1) is 14.8. The van der Waals surface area contributed by atoms with Crippen LogP contribution < -0.4 is 10.6 Å². The summed E-state index contributed by atoms with van der Waals surface area (Å²) in [6.45, 7) is 4.14. The normalized spacial score (nSPS) is 21.5. The number of piperidine rings is 1. The van der Waals surface area contributed by atoms with Gasteiger partial charge in [-0.1, -0.05) is 15.9 Å². The molecule has 1 aliphatic rings. The molecule has 1 aromatic carbocycles. The fourth-order valence-corrected chi connectivity index (χ4v) is 3.13. The summed E-state index contributed by atoms with van der Waals surface area (Å²) in [6, 6.07) is 6.67. The molecule has 0 aliphatic carbocycles. The highest BCUT2D eigenvalue weighted by Crippen LogP contribution is 2.28. The number of nitrogens with zero attached hydrogens (tertiary/aromatic N) is 1. The van der Waals surface area contributed by atoms with Crippen molar-refractivity contribution in [2.75, 3.05) is 25.1 Å². The molecule has 0 bridgehead atoms. The van der Waals surface area contributed by atoms with Crippen LogP contribution in [0.15, 0.2) is 22.7 Å². The summed E-state index contributed by atoms with van der Waals surface area (Å²) in [5.74, 6) is 0. The number of methoxy groups -OCH3 is 1. The molecule has 3 nitrogen and oxygen atoms in total. The summed E-state index contributed by atoms with van der Waals surface area (Å²) in [4.78, 5) is 2.43. The summed E-state index contributed by atoms with van der Waals surface area (Å²) >= 11 is 3.55. The van der Waals surface area contributed by atoms with Crippen LogP contribution in [0, 0.1) is 0 Å². The lowest BCUT2D eigenvalue weighted by Crippen LogP contribution is -2.40. The number of halogens is 1. The monoisotopic (exact) mass is 326 g/mol. The number of nitrogens with two attached hydrogens (primary N) is 1. The molecule has 1 heterocycles. The van der Waals surface area contributed by atoms with Crippen molar-refractivity contribution >= 4 is 21.6 Å². The van der Waals surface area contributed by atoms with Crippen molar-refractivity contribution in [2.24, 2.45) is 5.73 Å². The van der Waals surface area contributed by atoms with Crippen LogP contribution in [0.4, 0.5) is 5.69 Å². The van der Waals surface area contributed by atoms with Crippen molar-refractivity contribution in [3.05, 3.63) is 28.2 Å². The Morgan fingerprint density at radius 2 is 2.32 bits per heavy atom. The van der Waals surface area contributed by atoms with Gasteiger partial charge in [-0.05, 0) is 49.9 Å². The first-order valence-corrected chi connectivity index (χ1v) is 7.71. The zero-order valence-corrected chi connectivity index (χ0v) is 13.3. The molecule has 2 atom stereocenters. The maximum Gasteiger partial charge on any atom is 0.0746 e. The molecule has 2 N–H and O–H groups in total. The first-order chi connectivity index (χ1) is 9.10. The van der Waals surface area contributed by atoms with E-state index in [1.165, 1.54) is 17.7 Å². The summed E-state index contributed by atoms with van der Waals surface area (Å²) in [5, 5.41) is 0. The molecule has 1 saturated heterocycles. The summed E-state index contributed by atoms with van der Waals surface area (Å²) in [7, 11) is 1.80. The minimum absolute atomic E-state index is 0.177. The molecule has 0 aromatic heterocycles. The molecule has 0 saturated carbocycles. The van der Waals surface area contributed by atoms with Gasteiger partial charge >= 0.3 is 0 Å². The second-order valence-corrected chi connectivity index (χ2v) is 6.32. The quantitative estimate of drug-likeness (QED) is 0.924. The molecule has 0 spiro atoms. The average molecular weight is 327 g/mol. The van der Waals surface area contributed by atoms with E-state index in [2.05, 4.69) is 46.0 Å². The van der Waals surface area contributed by atoms with Crippen LogP contribution in [0.1, 0.15) is 25.3 Å². The fourth-order valence-electron chi connectivity index (χ4n) is 2.72. The van der Waals surface area contributed by atoms with Crippen molar-refractivity contribution in [2.45, 2.75) is 38.3 Å². The highest BCUT2D eigenvalue weighted by molar-refractivity contribution is 9.10. The first-order valence-electron chi connectivity index (χ1n) is 6.92. The molecule has 4 heteroatoms. The molecule has 1 aliphatic heterocycles. The van der Waals surface area contributed by atoms with Crippen LogP contribution in [-0.4, -0.2) is 32.3 Å². The maximum absolute atomic E-state index is 5.97. The van der Waals surface area contributed by atoms with Crippen LogP contribution in [0.3, 0.4) is 0 Å². The van der Waals surface area contributed by atoms with Gasteiger partial charge in [-0.2, -0.15) is 0 Å². The maximum atomic E-state index is 5.97. The molecular weight excluding hydrogens is 304 g/mol. The summed E-state index contributed by atoms with van der Waals surface area (Å²) < 4.78 is 6.63. The molecule has 2 rings (SSSR count). The number of rotatable bonds is 4. The summed E-state index contributed by atoms with van der Waals surface area (Å²) in [5.41, 5.74) is 8.60. The van der Waals surface area contributed by atoms with Crippen LogP contribution in [-0.2, 0) is 11.2 Å². The highest BCUT2D eigenvalue weighted by Gasteiger charge is 2.21. The Balaban J connectivity index is 2.22. The third-order valence-electron chi connectivity index (χ3n) is 3.64. The Hall–Kier alpha value is -0.580. The van der Waals surface area contributed by atoms with Gasteiger partial charge in [-0.15, -0.1) is 0 Å². The van der Waals surface area contributed by atoms with E-state index in [1.807, 2.05) is 0 Å². The topological polar surface area (TPSA) is 38.5 Å². The molecular formula is C15H23BrN2O. The second kappa shape index (κ2) is 6.73. The van der Waals surface area contributed by atoms with Crippen molar-refractivity contribution in [3.63, 3.8) is 0 Å². The van der Waals surface area contributed by atoms with E-state index in [0.717, 1.165) is 30.4 Å². The SMILES string of the molecule is COC1CCCN(c2ccc(Br)cc2CC(C)N)C1. The van der Waals surface area contributed by atoms with Gasteiger partial charge in [-0.3, -0.25) is 0 Å². The average Bonchev–Trinajstić information content (AvgIpc) is 2.38. The van der Waals surface area contributed by atoms with E-state index in [0.29, 0.717) is 6.10 Å². The zero-order chi connectivity index (χ0) is 13.8. The minimum atomic E-state index is 0.177. The van der Waals surface area contributed by atoms with Crippen LogP contribution >= 0.6 is 15.9 Å². The van der Waals surface area contributed by atoms with Crippen molar-refractivity contribution < 1.29 is 4.74 Å². The van der Waals surface area contributed by atoms with Gasteiger partial charge in [-0.25, -0.2) is 0 Å². The predicted molar refractivity (Wildman–Crippen MR) is 83.7 cm³/mol. The number of benzene rings is 1. The lowest BCUT2D eigenvalue weighted by molar-refractivity contribution is 0.0893. The Labute approximate surface area is 124 Å². The molecule has 19 heavy (non-hydrogen) atoms. The molecule has 1 aromatic rings. The van der Waals surface area contributed by atoms with E-state index < -0.39 is 0 Å². The largest absolute Gasteiger partial charge is 0.380 e. The van der Waals surface area contributed by atoms with Crippen LogP contribution in [0.5, 0.6) is 0 Å². The van der Waals surface area contributed by atoms with E-state index >= 15 is 0 Å². The molecule has 0 radical (unpaired) electrons.